The van der Waals surface area contributed by atoms with E-state index in [1.54, 1.807) is 6.92 Å². The summed E-state index contributed by atoms with van der Waals surface area (Å²) in [7, 11) is 0. The molecule has 3 N–H and O–H groups in total. The van der Waals surface area contributed by atoms with Gasteiger partial charge >= 0.3 is 5.97 Å². The van der Waals surface area contributed by atoms with Gasteiger partial charge < -0.3 is 15.7 Å². The summed E-state index contributed by atoms with van der Waals surface area (Å²) in [6, 6.07) is -0.458. The molecule has 5 nitrogen and oxygen atoms in total. The number of rotatable bonds is 4. The van der Waals surface area contributed by atoms with Crippen LogP contribution in [0.1, 0.15) is 27.7 Å². The van der Waals surface area contributed by atoms with E-state index in [0.717, 1.165) is 6.08 Å². The summed E-state index contributed by atoms with van der Waals surface area (Å²) >= 11 is 0. The fraction of sp³-hybridized carbons (Fsp3) is 0.600. The second kappa shape index (κ2) is 5.38. The van der Waals surface area contributed by atoms with Crippen LogP contribution in [-0.4, -0.2) is 28.6 Å². The Kier molecular flexibility index (Phi) is 4.84. The molecule has 1 unspecified atom stereocenters. The summed E-state index contributed by atoms with van der Waals surface area (Å²) in [5.41, 5.74) is -0.288. The fourth-order valence-corrected chi connectivity index (χ4v) is 0.817. The van der Waals surface area contributed by atoms with Crippen LogP contribution in [0, 0.1) is 0 Å². The molecule has 0 radical (unpaired) electrons. The van der Waals surface area contributed by atoms with E-state index in [2.05, 4.69) is 10.6 Å². The van der Waals surface area contributed by atoms with Gasteiger partial charge in [0.2, 0.25) is 5.91 Å². The smallest absolute Gasteiger partial charge is 0.329 e. The van der Waals surface area contributed by atoms with Crippen LogP contribution in [0.2, 0.25) is 0 Å². The van der Waals surface area contributed by atoms with E-state index in [1.165, 1.54) is 6.20 Å². The quantitative estimate of drug-likeness (QED) is 0.595. The van der Waals surface area contributed by atoms with Crippen molar-refractivity contribution in [3.8, 4) is 0 Å². The zero-order valence-electron chi connectivity index (χ0n) is 9.50. The Morgan fingerprint density at radius 3 is 2.27 bits per heavy atom. The average molecular weight is 214 g/mol. The van der Waals surface area contributed by atoms with Crippen LogP contribution in [0.4, 0.5) is 0 Å². The van der Waals surface area contributed by atoms with E-state index in [-0.39, 0.29) is 11.4 Å². The molecule has 0 saturated carbocycles. The lowest BCUT2D eigenvalue weighted by molar-refractivity contribution is -0.131. The number of carbonyl (C=O) groups excluding carboxylic acids is 1. The summed E-state index contributed by atoms with van der Waals surface area (Å²) in [5.74, 6) is -1.22. The van der Waals surface area contributed by atoms with Crippen molar-refractivity contribution in [2.45, 2.75) is 39.3 Å². The topological polar surface area (TPSA) is 78.4 Å². The molecule has 15 heavy (non-hydrogen) atoms. The molecule has 0 aromatic carbocycles. The third-order valence-electron chi connectivity index (χ3n) is 1.46. The summed E-state index contributed by atoms with van der Waals surface area (Å²) in [6.45, 7) is 7.30. The van der Waals surface area contributed by atoms with E-state index in [0.29, 0.717) is 0 Å². The number of carbonyl (C=O) groups is 2. The van der Waals surface area contributed by atoms with Crippen LogP contribution < -0.4 is 10.6 Å². The summed E-state index contributed by atoms with van der Waals surface area (Å²) in [5, 5.41) is 13.8. The molecule has 0 aliphatic heterocycles. The van der Waals surface area contributed by atoms with Gasteiger partial charge in [0.05, 0.1) is 0 Å². The van der Waals surface area contributed by atoms with Crippen LogP contribution in [0.3, 0.4) is 0 Å². The lowest BCUT2D eigenvalue weighted by Crippen LogP contribution is -2.48. The lowest BCUT2D eigenvalue weighted by Gasteiger charge is -2.23. The molecule has 86 valence electrons. The van der Waals surface area contributed by atoms with E-state index in [1.807, 2.05) is 20.8 Å². The summed E-state index contributed by atoms with van der Waals surface area (Å²) < 4.78 is 0. The molecule has 1 atom stereocenters. The number of hydrogen-bond donors (Lipinski definition) is 3. The van der Waals surface area contributed by atoms with Crippen LogP contribution >= 0.6 is 0 Å². The maximum absolute atomic E-state index is 11.5. The van der Waals surface area contributed by atoms with Gasteiger partial charge in [-0.1, -0.05) is 0 Å². The summed E-state index contributed by atoms with van der Waals surface area (Å²) in [6.07, 6.45) is 2.19. The van der Waals surface area contributed by atoms with E-state index >= 15 is 0 Å². The Bertz CT molecular complexity index is 266. The highest BCUT2D eigenvalue weighted by Crippen LogP contribution is 1.99. The zero-order chi connectivity index (χ0) is 12.1. The molecule has 0 rings (SSSR count). The Hall–Kier alpha value is -1.52. The minimum absolute atomic E-state index is 0.169. The van der Waals surface area contributed by atoms with Gasteiger partial charge in [-0.25, -0.2) is 4.79 Å². The first kappa shape index (κ1) is 13.5. The van der Waals surface area contributed by atoms with Crippen molar-refractivity contribution in [2.75, 3.05) is 0 Å². The van der Waals surface area contributed by atoms with Crippen molar-refractivity contribution in [3.05, 3.63) is 12.3 Å². The highest BCUT2D eigenvalue weighted by atomic mass is 16.4. The first-order valence-corrected chi connectivity index (χ1v) is 4.70. The lowest BCUT2D eigenvalue weighted by atomic mass is 10.1. The normalized spacial score (nSPS) is 13.6. The predicted molar refractivity (Wildman–Crippen MR) is 57.3 cm³/mol. The van der Waals surface area contributed by atoms with Crippen molar-refractivity contribution in [1.29, 1.82) is 0 Å². The minimum atomic E-state index is -1.05. The first-order valence-electron chi connectivity index (χ1n) is 4.70. The molecule has 0 aliphatic carbocycles. The monoisotopic (exact) mass is 214 g/mol. The molecule has 0 aromatic heterocycles. The molecule has 0 spiro atoms. The highest BCUT2D eigenvalue weighted by molar-refractivity contribution is 5.82. The molecule has 0 bridgehead atoms. The molecule has 0 fully saturated rings. The highest BCUT2D eigenvalue weighted by Gasteiger charge is 2.17. The van der Waals surface area contributed by atoms with Gasteiger partial charge in [-0.05, 0) is 27.7 Å². The Balaban J connectivity index is 4.06. The van der Waals surface area contributed by atoms with Crippen LogP contribution in [-0.2, 0) is 9.59 Å². The van der Waals surface area contributed by atoms with Crippen molar-refractivity contribution in [1.82, 2.24) is 10.6 Å². The number of carboxylic acid groups (broad SMARTS) is 1. The second-order valence-electron chi connectivity index (χ2n) is 4.30. The van der Waals surface area contributed by atoms with Crippen molar-refractivity contribution in [3.63, 3.8) is 0 Å². The number of amides is 1. The van der Waals surface area contributed by atoms with Gasteiger partial charge in [-0.15, -0.1) is 0 Å². The molecule has 0 aliphatic rings. The Morgan fingerprint density at radius 1 is 1.33 bits per heavy atom. The van der Waals surface area contributed by atoms with Crippen molar-refractivity contribution >= 4 is 11.9 Å². The number of aliphatic carboxylic acids is 1. The minimum Gasteiger partial charge on any atom is -0.478 e. The van der Waals surface area contributed by atoms with Gasteiger partial charge in [0.25, 0.3) is 0 Å². The molecule has 0 saturated heterocycles. The third kappa shape index (κ3) is 7.54. The fourth-order valence-electron chi connectivity index (χ4n) is 0.817. The number of hydrogen-bond acceptors (Lipinski definition) is 3. The maximum atomic E-state index is 11.5. The first-order chi connectivity index (χ1) is 6.72. The average Bonchev–Trinajstić information content (AvgIpc) is 1.99. The van der Waals surface area contributed by atoms with Crippen molar-refractivity contribution in [2.24, 2.45) is 0 Å². The van der Waals surface area contributed by atoms with Crippen LogP contribution in [0.25, 0.3) is 0 Å². The Labute approximate surface area is 89.6 Å². The zero-order valence-corrected chi connectivity index (χ0v) is 9.50. The third-order valence-corrected chi connectivity index (χ3v) is 1.46. The van der Waals surface area contributed by atoms with Gasteiger partial charge in [-0.2, -0.15) is 0 Å². The molecule has 5 heteroatoms. The molecule has 1 amide bonds. The van der Waals surface area contributed by atoms with Gasteiger partial charge in [0.15, 0.2) is 0 Å². The van der Waals surface area contributed by atoms with Gasteiger partial charge in [-0.3, -0.25) is 4.79 Å². The number of nitrogens with one attached hydrogen (secondary N) is 2. The molecule has 0 aromatic rings. The molecular formula is C10H18N2O3. The maximum Gasteiger partial charge on any atom is 0.329 e. The Morgan fingerprint density at radius 2 is 1.87 bits per heavy atom. The standard InChI is InChI=1S/C10H18N2O3/c1-7(11-6-5-8(13)14)9(15)12-10(2,3)4/h5-7,11H,1-4H3,(H,12,15)(H,13,14)/b6-5+. The largest absolute Gasteiger partial charge is 0.478 e. The van der Waals surface area contributed by atoms with E-state index < -0.39 is 12.0 Å². The summed E-state index contributed by atoms with van der Waals surface area (Å²) in [4.78, 5) is 21.6. The SMILES string of the molecule is CC(N/C=C/C(=O)O)C(=O)NC(C)(C)C. The van der Waals surface area contributed by atoms with Crippen LogP contribution in [0.5, 0.6) is 0 Å². The number of carboxylic acids is 1. The van der Waals surface area contributed by atoms with Crippen molar-refractivity contribution < 1.29 is 14.7 Å². The van der Waals surface area contributed by atoms with E-state index in [4.69, 9.17) is 5.11 Å². The second-order valence-corrected chi connectivity index (χ2v) is 4.30. The van der Waals surface area contributed by atoms with Crippen LogP contribution in [0.15, 0.2) is 12.3 Å². The molecule has 0 heterocycles. The van der Waals surface area contributed by atoms with E-state index in [9.17, 15) is 9.59 Å². The predicted octanol–water partition coefficient (Wildman–Crippen LogP) is 0.477. The van der Waals surface area contributed by atoms with Gasteiger partial charge in [0, 0.05) is 17.8 Å². The van der Waals surface area contributed by atoms with Gasteiger partial charge in [0.1, 0.15) is 6.04 Å². The molecular weight excluding hydrogens is 196 g/mol.